The highest BCUT2D eigenvalue weighted by Gasteiger charge is 2.65. The summed E-state index contributed by atoms with van der Waals surface area (Å²) in [5.41, 5.74) is 3.93. The summed E-state index contributed by atoms with van der Waals surface area (Å²) in [6.07, 6.45) is -0.579. The second kappa shape index (κ2) is 3.65. The number of quaternary nitrogens is 1. The van der Waals surface area contributed by atoms with Gasteiger partial charge in [-0.15, -0.1) is 0 Å². The third-order valence-electron chi connectivity index (χ3n) is 3.62. The summed E-state index contributed by atoms with van der Waals surface area (Å²) in [5, 5.41) is 0. The van der Waals surface area contributed by atoms with Crippen molar-refractivity contribution in [1.29, 1.82) is 0 Å². The minimum absolute atomic E-state index is 0.109. The fraction of sp³-hybridized carbons (Fsp3) is 1.00. The second-order valence-electron chi connectivity index (χ2n) is 6.05. The van der Waals surface area contributed by atoms with Gasteiger partial charge in [-0.3, -0.25) is 0 Å². The van der Waals surface area contributed by atoms with Crippen LogP contribution in [0.25, 0.3) is 0 Å². The van der Waals surface area contributed by atoms with Crippen LogP contribution in [0.4, 0.5) is 0 Å². The highest BCUT2D eigenvalue weighted by molar-refractivity contribution is 5.02. The number of fused-ring (bicyclic) bond motifs is 3. The smallest absolute Gasteiger partial charge is 0.251 e. The van der Waals surface area contributed by atoms with Gasteiger partial charge in [0.15, 0.2) is 11.6 Å². The minimum Gasteiger partial charge on any atom is -0.353 e. The molecule has 0 spiro atoms. The maximum atomic E-state index is 5.96. The van der Waals surface area contributed by atoms with Gasteiger partial charge in [-0.25, -0.2) is 0 Å². The molecule has 4 atom stereocenters. The average Bonchev–Trinajstić information content (AvgIpc) is 2.70. The Hall–Kier alpha value is -0.240. The molecule has 0 unspecified atom stereocenters. The van der Waals surface area contributed by atoms with Gasteiger partial charge in [-0.2, -0.15) is 0 Å². The quantitative estimate of drug-likeness (QED) is 0.696. The van der Waals surface area contributed by atoms with E-state index in [0.29, 0.717) is 13.2 Å². The Bertz CT molecular complexity index is 358. The van der Waals surface area contributed by atoms with Gasteiger partial charge in [0.25, 0.3) is 5.79 Å². The third-order valence-corrected chi connectivity index (χ3v) is 3.62. The van der Waals surface area contributed by atoms with Crippen LogP contribution in [0.3, 0.4) is 0 Å². The molecule has 0 radical (unpaired) electrons. The van der Waals surface area contributed by atoms with Crippen LogP contribution in [-0.4, -0.2) is 48.8 Å². The summed E-state index contributed by atoms with van der Waals surface area (Å²) in [7, 11) is 0. The molecular formula is C12H22NO5+. The summed E-state index contributed by atoms with van der Waals surface area (Å²) < 4.78 is 29.5. The van der Waals surface area contributed by atoms with Crippen molar-refractivity contribution in [3.05, 3.63) is 0 Å². The first-order valence-corrected chi connectivity index (χ1v) is 6.44. The Morgan fingerprint density at radius 3 is 2.44 bits per heavy atom. The lowest BCUT2D eigenvalue weighted by molar-refractivity contribution is -0.449. The molecule has 0 bridgehead atoms. The molecule has 6 nitrogen and oxygen atoms in total. The molecule has 3 saturated heterocycles. The van der Waals surface area contributed by atoms with Gasteiger partial charge >= 0.3 is 0 Å². The van der Waals surface area contributed by atoms with Gasteiger partial charge in [0.2, 0.25) is 0 Å². The first-order valence-electron chi connectivity index (χ1n) is 6.44. The normalized spacial score (nSPS) is 48.8. The van der Waals surface area contributed by atoms with Crippen LogP contribution in [0.5, 0.6) is 0 Å². The molecule has 3 heterocycles. The lowest BCUT2D eigenvalue weighted by atomic mass is 9.97. The molecule has 18 heavy (non-hydrogen) atoms. The summed E-state index contributed by atoms with van der Waals surface area (Å²) in [4.78, 5) is 0. The van der Waals surface area contributed by atoms with Gasteiger partial charge in [-0.05, 0) is 27.7 Å². The van der Waals surface area contributed by atoms with E-state index < -0.39 is 17.4 Å². The average molecular weight is 260 g/mol. The van der Waals surface area contributed by atoms with Crippen molar-refractivity contribution in [3.8, 4) is 0 Å². The van der Waals surface area contributed by atoms with Crippen molar-refractivity contribution in [1.82, 2.24) is 0 Å². The molecular weight excluding hydrogens is 238 g/mol. The van der Waals surface area contributed by atoms with Gasteiger partial charge < -0.3 is 29.4 Å². The fourth-order valence-electron chi connectivity index (χ4n) is 3.06. The van der Waals surface area contributed by atoms with Crippen LogP contribution < -0.4 is 5.73 Å². The summed E-state index contributed by atoms with van der Waals surface area (Å²) in [5.74, 6) is -2.10. The highest BCUT2D eigenvalue weighted by atomic mass is 16.9. The molecule has 0 aromatic carbocycles. The molecule has 3 aliphatic rings. The first-order chi connectivity index (χ1) is 8.27. The standard InChI is InChI=1S/C12H21NO5/c1-10(2)15-7-5-14-12(6-13)9(8(7)16-10)17-11(3,4)18-12/h7-9H,5-6,13H2,1-4H3/p+1/t7-,8-,9-,12+/m1/s1. The van der Waals surface area contributed by atoms with Gasteiger partial charge in [0.05, 0.1) is 6.61 Å². The summed E-state index contributed by atoms with van der Waals surface area (Å²) >= 11 is 0. The van der Waals surface area contributed by atoms with Crippen LogP contribution >= 0.6 is 0 Å². The van der Waals surface area contributed by atoms with Crippen molar-refractivity contribution < 1.29 is 29.4 Å². The van der Waals surface area contributed by atoms with Crippen molar-refractivity contribution in [2.24, 2.45) is 0 Å². The van der Waals surface area contributed by atoms with E-state index in [1.54, 1.807) is 0 Å². The predicted octanol–water partition coefficient (Wildman–Crippen LogP) is -0.374. The molecule has 3 fully saturated rings. The monoisotopic (exact) mass is 260 g/mol. The molecule has 3 aliphatic heterocycles. The lowest BCUT2D eigenvalue weighted by Gasteiger charge is -2.38. The zero-order valence-electron chi connectivity index (χ0n) is 11.4. The van der Waals surface area contributed by atoms with Crippen molar-refractivity contribution in [2.75, 3.05) is 13.2 Å². The highest BCUT2D eigenvalue weighted by Crippen LogP contribution is 2.46. The molecule has 104 valence electrons. The van der Waals surface area contributed by atoms with Crippen LogP contribution in [-0.2, 0) is 23.7 Å². The SMILES string of the molecule is CC1(C)O[C@H]2[C@H]3OC(C)(C)O[C@]3(C[NH3+])OC[C@H]2O1. The number of hydrogen-bond acceptors (Lipinski definition) is 5. The summed E-state index contributed by atoms with van der Waals surface area (Å²) in [6, 6.07) is 0. The molecule has 3 rings (SSSR count). The van der Waals surface area contributed by atoms with Crippen molar-refractivity contribution in [3.63, 3.8) is 0 Å². The largest absolute Gasteiger partial charge is 0.353 e. The van der Waals surface area contributed by atoms with Gasteiger partial charge in [-0.1, -0.05) is 0 Å². The first kappa shape index (κ1) is 12.8. The predicted molar refractivity (Wildman–Crippen MR) is 60.3 cm³/mol. The van der Waals surface area contributed by atoms with E-state index in [1.807, 2.05) is 27.7 Å². The molecule has 6 heteroatoms. The van der Waals surface area contributed by atoms with Crippen LogP contribution in [0.15, 0.2) is 0 Å². The van der Waals surface area contributed by atoms with E-state index in [-0.39, 0.29) is 18.3 Å². The molecule has 0 amide bonds. The fourth-order valence-corrected chi connectivity index (χ4v) is 3.06. The van der Waals surface area contributed by atoms with E-state index in [2.05, 4.69) is 5.73 Å². The van der Waals surface area contributed by atoms with Gasteiger partial charge in [0, 0.05) is 0 Å². The molecule has 0 aromatic heterocycles. The minimum atomic E-state index is -0.811. The van der Waals surface area contributed by atoms with E-state index in [0.717, 1.165) is 0 Å². The van der Waals surface area contributed by atoms with Crippen molar-refractivity contribution in [2.45, 2.75) is 63.4 Å². The number of rotatable bonds is 1. The van der Waals surface area contributed by atoms with Crippen molar-refractivity contribution >= 4 is 0 Å². The van der Waals surface area contributed by atoms with E-state index in [9.17, 15) is 0 Å². The lowest BCUT2D eigenvalue weighted by Crippen LogP contribution is -2.70. The Morgan fingerprint density at radius 2 is 1.78 bits per heavy atom. The van der Waals surface area contributed by atoms with E-state index in [1.165, 1.54) is 0 Å². The molecule has 0 aliphatic carbocycles. The maximum Gasteiger partial charge on any atom is 0.251 e. The Kier molecular flexibility index (Phi) is 2.59. The van der Waals surface area contributed by atoms with Crippen LogP contribution in [0.2, 0.25) is 0 Å². The number of hydrogen-bond donors (Lipinski definition) is 1. The topological polar surface area (TPSA) is 73.8 Å². The Labute approximate surface area is 107 Å². The third kappa shape index (κ3) is 1.79. The molecule has 0 aromatic rings. The second-order valence-corrected chi connectivity index (χ2v) is 6.05. The molecule has 3 N–H and O–H groups in total. The van der Waals surface area contributed by atoms with E-state index >= 15 is 0 Å². The maximum absolute atomic E-state index is 5.96. The summed E-state index contributed by atoms with van der Waals surface area (Å²) in [6.45, 7) is 8.48. The van der Waals surface area contributed by atoms with Crippen LogP contribution in [0.1, 0.15) is 27.7 Å². The Morgan fingerprint density at radius 1 is 1.06 bits per heavy atom. The zero-order valence-corrected chi connectivity index (χ0v) is 11.4. The van der Waals surface area contributed by atoms with E-state index in [4.69, 9.17) is 23.7 Å². The van der Waals surface area contributed by atoms with Gasteiger partial charge in [0.1, 0.15) is 24.9 Å². The number of ether oxygens (including phenoxy) is 5. The Balaban J connectivity index is 1.90. The molecule has 0 saturated carbocycles. The van der Waals surface area contributed by atoms with Crippen LogP contribution in [0, 0.1) is 0 Å². The zero-order chi connectivity index (χ0) is 13.2.